The van der Waals surface area contributed by atoms with Crippen LogP contribution < -0.4 is 15.2 Å². The van der Waals surface area contributed by atoms with Crippen molar-refractivity contribution in [2.24, 2.45) is 5.73 Å². The summed E-state index contributed by atoms with van der Waals surface area (Å²) in [5.41, 5.74) is 4.95. The van der Waals surface area contributed by atoms with Crippen LogP contribution in [0.15, 0.2) is 5.38 Å². The third-order valence-corrected chi connectivity index (χ3v) is 5.07. The first-order chi connectivity index (χ1) is 12.2. The zero-order chi connectivity index (χ0) is 19.5. The lowest BCUT2D eigenvalue weighted by Crippen LogP contribution is -2.23. The highest BCUT2D eigenvalue weighted by Gasteiger charge is 2.26. The maximum atomic E-state index is 11.6. The fraction of sp³-hybridized carbons (Fsp3) is 0.471. The van der Waals surface area contributed by atoms with Crippen LogP contribution in [0.1, 0.15) is 42.2 Å². The second kappa shape index (κ2) is 7.88. The van der Waals surface area contributed by atoms with Gasteiger partial charge in [-0.15, -0.1) is 11.3 Å². The van der Waals surface area contributed by atoms with E-state index in [0.29, 0.717) is 25.0 Å². The summed E-state index contributed by atoms with van der Waals surface area (Å²) in [6.45, 7) is 3.71. The van der Waals surface area contributed by atoms with Gasteiger partial charge in [0.2, 0.25) is 5.75 Å². The van der Waals surface area contributed by atoms with Gasteiger partial charge in [-0.3, -0.25) is 4.79 Å². The van der Waals surface area contributed by atoms with E-state index in [2.05, 4.69) is 9.97 Å². The van der Waals surface area contributed by atoms with Gasteiger partial charge in [-0.2, -0.15) is 0 Å². The van der Waals surface area contributed by atoms with Crippen molar-refractivity contribution in [2.45, 2.75) is 38.7 Å². The molecule has 2 aromatic heterocycles. The van der Waals surface area contributed by atoms with E-state index in [-0.39, 0.29) is 22.9 Å². The molecule has 26 heavy (non-hydrogen) atoms. The largest absolute Gasteiger partial charge is 0.503 e. The Morgan fingerprint density at radius 1 is 1.31 bits per heavy atom. The number of hydrogen-bond donors (Lipinski definition) is 3. The van der Waals surface area contributed by atoms with Crippen molar-refractivity contribution in [3.05, 3.63) is 16.1 Å². The average Bonchev–Trinajstić information content (AvgIpc) is 3.08. The lowest BCUT2D eigenvalue weighted by atomic mass is 9.98. The summed E-state index contributed by atoms with van der Waals surface area (Å²) in [5, 5.41) is 22.8. The smallest absolute Gasteiger partial charge is 0.271 e. The lowest BCUT2D eigenvalue weighted by molar-refractivity contribution is 0.0473. The predicted octanol–water partition coefficient (Wildman–Crippen LogP) is 2.12. The number of ether oxygens (including phenoxy) is 2. The van der Waals surface area contributed by atoms with Crippen LogP contribution in [0, 0.1) is 0 Å². The molecule has 8 nitrogen and oxygen atoms in total. The zero-order valence-corrected chi connectivity index (χ0v) is 16.0. The molecule has 0 aliphatic carbocycles. The lowest BCUT2D eigenvalue weighted by Gasteiger charge is -2.20. The van der Waals surface area contributed by atoms with E-state index < -0.39 is 17.3 Å². The van der Waals surface area contributed by atoms with Crippen LogP contribution in [0.2, 0.25) is 0 Å². The minimum absolute atomic E-state index is 0.0326. The molecule has 0 aromatic carbocycles. The number of rotatable bonds is 8. The molecule has 2 aromatic rings. The van der Waals surface area contributed by atoms with Crippen LogP contribution in [0.5, 0.6) is 17.2 Å². The number of thiazole rings is 1. The maximum absolute atomic E-state index is 11.6. The number of aromatic nitrogens is 2. The van der Waals surface area contributed by atoms with Crippen molar-refractivity contribution in [3.63, 3.8) is 0 Å². The molecule has 2 rings (SSSR count). The molecule has 4 N–H and O–H groups in total. The molecule has 0 bridgehead atoms. The number of aryl methyl sites for hydroxylation is 1. The molecule has 0 saturated carbocycles. The Kier molecular flexibility index (Phi) is 6.04. The van der Waals surface area contributed by atoms with E-state index in [1.165, 1.54) is 25.6 Å². The van der Waals surface area contributed by atoms with Gasteiger partial charge in [0.25, 0.3) is 5.91 Å². The summed E-state index contributed by atoms with van der Waals surface area (Å²) in [5.74, 6) is -1.24. The molecule has 0 unspecified atom stereocenters. The van der Waals surface area contributed by atoms with E-state index in [4.69, 9.17) is 15.2 Å². The molecule has 9 heteroatoms. The van der Waals surface area contributed by atoms with E-state index in [1.54, 1.807) is 12.3 Å². The average molecular weight is 381 g/mol. The molecule has 0 aliphatic heterocycles. The predicted molar refractivity (Wildman–Crippen MR) is 97.9 cm³/mol. The molecule has 1 atom stereocenters. The van der Waals surface area contributed by atoms with Crippen LogP contribution in [0.25, 0.3) is 11.4 Å². The van der Waals surface area contributed by atoms with Crippen LogP contribution in [0.3, 0.4) is 0 Å². The summed E-state index contributed by atoms with van der Waals surface area (Å²) in [4.78, 5) is 20.2. The zero-order valence-electron chi connectivity index (χ0n) is 15.2. The highest BCUT2D eigenvalue weighted by Crippen LogP contribution is 2.44. The second-order valence-corrected chi connectivity index (χ2v) is 7.01. The molecule has 0 saturated heterocycles. The number of primary amides is 1. The van der Waals surface area contributed by atoms with Crippen LogP contribution in [-0.2, 0) is 6.42 Å². The normalized spacial score (nSPS) is 13.3. The summed E-state index contributed by atoms with van der Waals surface area (Å²) < 4.78 is 10.5. The van der Waals surface area contributed by atoms with Gasteiger partial charge in [0.05, 0.1) is 24.8 Å². The molecule has 0 radical (unpaired) electrons. The van der Waals surface area contributed by atoms with Crippen molar-refractivity contribution in [1.29, 1.82) is 0 Å². The van der Waals surface area contributed by atoms with Crippen LogP contribution in [0.4, 0.5) is 0 Å². The Balaban J connectivity index is 2.45. The van der Waals surface area contributed by atoms with Gasteiger partial charge in [-0.1, -0.05) is 6.92 Å². The molecular weight excluding hydrogens is 358 g/mol. The number of amides is 1. The first-order valence-electron chi connectivity index (χ1n) is 8.06. The Labute approximate surface area is 155 Å². The third-order valence-electron chi connectivity index (χ3n) is 4.16. The van der Waals surface area contributed by atoms with Gasteiger partial charge >= 0.3 is 0 Å². The number of aromatic hydroxyl groups is 1. The van der Waals surface area contributed by atoms with Crippen molar-refractivity contribution < 1.29 is 24.5 Å². The Hall–Kier alpha value is -2.39. The van der Waals surface area contributed by atoms with Crippen molar-refractivity contribution >= 4 is 17.2 Å². The fourth-order valence-electron chi connectivity index (χ4n) is 2.35. The Morgan fingerprint density at radius 3 is 2.50 bits per heavy atom. The molecule has 142 valence electrons. The first-order valence-corrected chi connectivity index (χ1v) is 8.94. The monoisotopic (exact) mass is 381 g/mol. The fourth-order valence-corrected chi connectivity index (χ4v) is 3.13. The summed E-state index contributed by atoms with van der Waals surface area (Å²) in [7, 11) is 2.74. The SMILES string of the molecule is CC[C@](C)(O)CCc1nc(-c2nc(C(N)=O)c(O)c(OC)c2OC)cs1. The van der Waals surface area contributed by atoms with Crippen LogP contribution in [-0.4, -0.2) is 45.9 Å². The highest BCUT2D eigenvalue weighted by atomic mass is 32.1. The molecule has 0 spiro atoms. The third kappa shape index (κ3) is 4.05. The van der Waals surface area contributed by atoms with Gasteiger partial charge in [-0.05, 0) is 19.8 Å². The Bertz CT molecular complexity index is 804. The summed E-state index contributed by atoms with van der Waals surface area (Å²) in [6.07, 6.45) is 1.83. The second-order valence-electron chi connectivity index (χ2n) is 6.07. The number of aliphatic hydroxyl groups is 1. The van der Waals surface area contributed by atoms with Gasteiger partial charge in [0, 0.05) is 11.8 Å². The van der Waals surface area contributed by atoms with Crippen molar-refractivity contribution in [1.82, 2.24) is 9.97 Å². The number of carbonyl (C=O) groups excluding carboxylic acids is 1. The minimum atomic E-state index is -0.890. The van der Waals surface area contributed by atoms with E-state index in [9.17, 15) is 15.0 Å². The maximum Gasteiger partial charge on any atom is 0.271 e. The quantitative estimate of drug-likeness (QED) is 0.639. The van der Waals surface area contributed by atoms with Gasteiger partial charge < -0.3 is 25.4 Å². The van der Waals surface area contributed by atoms with E-state index in [0.717, 1.165) is 5.01 Å². The number of pyridine rings is 1. The van der Waals surface area contributed by atoms with Crippen LogP contribution >= 0.6 is 11.3 Å². The van der Waals surface area contributed by atoms with E-state index in [1.807, 2.05) is 6.92 Å². The highest BCUT2D eigenvalue weighted by molar-refractivity contribution is 7.09. The van der Waals surface area contributed by atoms with Gasteiger partial charge in [0.15, 0.2) is 17.2 Å². The molecule has 0 fully saturated rings. The van der Waals surface area contributed by atoms with Gasteiger partial charge in [0.1, 0.15) is 11.4 Å². The molecule has 1 amide bonds. The molecular formula is C17H23N3O5S. The summed E-state index contributed by atoms with van der Waals surface area (Å²) in [6, 6.07) is 0. The number of nitrogens with zero attached hydrogens (tertiary/aromatic N) is 2. The number of hydrogen-bond acceptors (Lipinski definition) is 8. The topological polar surface area (TPSA) is 128 Å². The van der Waals surface area contributed by atoms with Gasteiger partial charge in [-0.25, -0.2) is 9.97 Å². The minimum Gasteiger partial charge on any atom is -0.503 e. The summed E-state index contributed by atoms with van der Waals surface area (Å²) >= 11 is 1.41. The standard InChI is InChI=1S/C17H23N3O5S/c1-5-17(2,23)7-6-10-19-9(8-26-10)11-14(24-3)15(25-4)13(21)12(20-11)16(18)22/h8,21,23H,5-7H2,1-4H3,(H2,18,22)/t17-/m0/s1. The molecule has 0 aliphatic rings. The van der Waals surface area contributed by atoms with E-state index >= 15 is 0 Å². The Morgan fingerprint density at radius 2 is 1.96 bits per heavy atom. The molecule has 2 heterocycles. The number of methoxy groups -OCH3 is 2. The first kappa shape index (κ1) is 19.9. The van der Waals surface area contributed by atoms with Crippen molar-refractivity contribution in [2.75, 3.05) is 14.2 Å². The number of nitrogens with two attached hydrogens (primary N) is 1. The van der Waals surface area contributed by atoms with Crippen molar-refractivity contribution in [3.8, 4) is 28.6 Å². The number of carbonyl (C=O) groups is 1.